The maximum atomic E-state index is 5.05. The van der Waals surface area contributed by atoms with Gasteiger partial charge in [-0.25, -0.2) is 14.5 Å². The third kappa shape index (κ3) is 5.07. The fraction of sp³-hybridized carbons (Fsp3) is 0.310. The van der Waals surface area contributed by atoms with Gasteiger partial charge in [0.05, 0.1) is 11.4 Å². The van der Waals surface area contributed by atoms with Crippen LogP contribution in [0, 0.1) is 6.92 Å². The van der Waals surface area contributed by atoms with Gasteiger partial charge in [-0.1, -0.05) is 49.6 Å². The summed E-state index contributed by atoms with van der Waals surface area (Å²) in [7, 11) is 2.17. The highest BCUT2D eigenvalue weighted by atomic mass is 15.3. The van der Waals surface area contributed by atoms with Crippen molar-refractivity contribution in [3.05, 3.63) is 89.8 Å². The number of rotatable bonds is 7. The number of hydrogen-bond donors (Lipinski definition) is 1. The number of aromatic amines is 1. The SMILES string of the molecule is BN(Cc1nc(-c2cccc(C)n2)c(-c2ccc3ncnn3c2)[nH]1)Cc1ccccc1C1CCCCC1. The average molecular weight is 489 g/mol. The van der Waals surface area contributed by atoms with E-state index in [1.807, 2.05) is 37.4 Å². The van der Waals surface area contributed by atoms with Crippen LogP contribution in [0.2, 0.25) is 0 Å². The van der Waals surface area contributed by atoms with Crippen molar-refractivity contribution in [3.63, 3.8) is 0 Å². The molecule has 186 valence electrons. The van der Waals surface area contributed by atoms with Crippen LogP contribution in [0.15, 0.2) is 67.1 Å². The summed E-state index contributed by atoms with van der Waals surface area (Å²) in [6, 6.07) is 19.1. The van der Waals surface area contributed by atoms with Crippen LogP contribution in [-0.4, -0.2) is 42.3 Å². The van der Waals surface area contributed by atoms with Crippen LogP contribution in [0.25, 0.3) is 28.3 Å². The largest absolute Gasteiger partial charge is 0.340 e. The Kier molecular flexibility index (Phi) is 6.57. The molecule has 4 heterocycles. The standard InChI is InChI=1S/C29H32BN7/c1-20-8-7-13-25(33-20)29-28(23-14-15-27-31-19-32-37(27)17-23)34-26(35-29)18-36(30)16-22-11-5-6-12-24(22)21-9-3-2-4-10-21/h5-8,11-15,17,19,21H,2-4,9-10,16,18,30H2,1H3,(H,34,35). The molecule has 8 heteroatoms. The van der Waals surface area contributed by atoms with Crippen molar-refractivity contribution in [2.24, 2.45) is 0 Å². The first-order chi connectivity index (χ1) is 18.1. The molecule has 0 bridgehead atoms. The molecule has 0 saturated heterocycles. The van der Waals surface area contributed by atoms with Crippen LogP contribution in [0.5, 0.6) is 0 Å². The molecule has 0 radical (unpaired) electrons. The van der Waals surface area contributed by atoms with Gasteiger partial charge in [0.25, 0.3) is 0 Å². The normalized spacial score (nSPS) is 14.5. The van der Waals surface area contributed by atoms with E-state index in [1.165, 1.54) is 43.2 Å². The Hall–Kier alpha value is -3.78. The zero-order valence-corrected chi connectivity index (χ0v) is 21.6. The van der Waals surface area contributed by atoms with E-state index in [1.54, 1.807) is 10.8 Å². The number of hydrogen-bond acceptors (Lipinski definition) is 5. The minimum atomic E-state index is 0.694. The molecule has 1 aliphatic rings. The van der Waals surface area contributed by atoms with Crippen molar-refractivity contribution >= 4 is 13.6 Å². The molecule has 0 amide bonds. The zero-order valence-electron chi connectivity index (χ0n) is 21.6. The molecular formula is C29H32BN7. The van der Waals surface area contributed by atoms with Crippen LogP contribution in [-0.2, 0) is 13.1 Å². The maximum absolute atomic E-state index is 5.05. The number of benzene rings is 1. The first-order valence-corrected chi connectivity index (χ1v) is 13.2. The first-order valence-electron chi connectivity index (χ1n) is 13.2. The fourth-order valence-corrected chi connectivity index (χ4v) is 5.62. The van der Waals surface area contributed by atoms with E-state index < -0.39 is 0 Å². The van der Waals surface area contributed by atoms with Gasteiger partial charge in [-0.3, -0.25) is 4.98 Å². The predicted molar refractivity (Wildman–Crippen MR) is 149 cm³/mol. The van der Waals surface area contributed by atoms with Gasteiger partial charge in [-0.2, -0.15) is 5.10 Å². The van der Waals surface area contributed by atoms with Crippen LogP contribution in [0.1, 0.15) is 60.7 Å². The van der Waals surface area contributed by atoms with Gasteiger partial charge in [-0.15, -0.1) is 0 Å². The lowest BCUT2D eigenvalue weighted by atomic mass is 9.82. The number of H-pyrrole nitrogens is 1. The van der Waals surface area contributed by atoms with Crippen molar-refractivity contribution in [1.82, 2.24) is 34.4 Å². The van der Waals surface area contributed by atoms with Crippen molar-refractivity contribution in [3.8, 4) is 22.6 Å². The molecule has 1 aromatic carbocycles. The molecule has 0 spiro atoms. The second-order valence-electron chi connectivity index (χ2n) is 10.3. The quantitative estimate of drug-likeness (QED) is 0.323. The summed E-state index contributed by atoms with van der Waals surface area (Å²) in [5.41, 5.74) is 8.41. The molecule has 5 aromatic rings. The fourth-order valence-electron chi connectivity index (χ4n) is 5.62. The van der Waals surface area contributed by atoms with Gasteiger partial charge in [0.2, 0.25) is 0 Å². The number of nitrogens with zero attached hydrogens (tertiary/aromatic N) is 6. The van der Waals surface area contributed by atoms with E-state index in [2.05, 4.69) is 58.2 Å². The molecule has 0 unspecified atom stereocenters. The average Bonchev–Trinajstić information content (AvgIpc) is 3.56. The first kappa shape index (κ1) is 23.6. The van der Waals surface area contributed by atoms with E-state index in [4.69, 9.17) is 9.97 Å². The van der Waals surface area contributed by atoms with Crippen LogP contribution in [0.4, 0.5) is 0 Å². The molecule has 1 N–H and O–H groups in total. The molecule has 6 rings (SSSR count). The Balaban J connectivity index is 1.30. The lowest BCUT2D eigenvalue weighted by Crippen LogP contribution is -2.21. The number of pyridine rings is 2. The van der Waals surface area contributed by atoms with E-state index in [9.17, 15) is 0 Å². The van der Waals surface area contributed by atoms with Crippen LogP contribution in [0.3, 0.4) is 0 Å². The number of aromatic nitrogens is 6. The van der Waals surface area contributed by atoms with Gasteiger partial charge >= 0.3 is 0 Å². The monoisotopic (exact) mass is 489 g/mol. The molecule has 1 fully saturated rings. The van der Waals surface area contributed by atoms with Gasteiger partial charge in [0, 0.05) is 30.5 Å². The van der Waals surface area contributed by atoms with E-state index in [0.29, 0.717) is 12.5 Å². The third-order valence-electron chi connectivity index (χ3n) is 7.41. The predicted octanol–water partition coefficient (Wildman–Crippen LogP) is 5.09. The highest BCUT2D eigenvalue weighted by Crippen LogP contribution is 2.35. The van der Waals surface area contributed by atoms with Gasteiger partial charge in [-0.05, 0) is 61.1 Å². The summed E-state index contributed by atoms with van der Waals surface area (Å²) >= 11 is 0. The van der Waals surface area contributed by atoms with Gasteiger partial charge in [0.1, 0.15) is 17.8 Å². The summed E-state index contributed by atoms with van der Waals surface area (Å²) in [5.74, 6) is 1.61. The van der Waals surface area contributed by atoms with Crippen molar-refractivity contribution in [2.45, 2.75) is 58.0 Å². The van der Waals surface area contributed by atoms with Gasteiger partial charge < -0.3 is 9.79 Å². The number of aryl methyl sites for hydroxylation is 1. The van der Waals surface area contributed by atoms with E-state index in [0.717, 1.165) is 46.4 Å². The Labute approximate surface area is 218 Å². The Morgan fingerprint density at radius 3 is 2.70 bits per heavy atom. The Morgan fingerprint density at radius 2 is 1.84 bits per heavy atom. The molecule has 0 aliphatic heterocycles. The summed E-state index contributed by atoms with van der Waals surface area (Å²) < 4.78 is 1.79. The molecule has 37 heavy (non-hydrogen) atoms. The maximum Gasteiger partial charge on any atom is 0.186 e. The topological polar surface area (TPSA) is 75.0 Å². The summed E-state index contributed by atoms with van der Waals surface area (Å²) in [6.07, 6.45) is 10.3. The lowest BCUT2D eigenvalue weighted by Gasteiger charge is -2.26. The van der Waals surface area contributed by atoms with Gasteiger partial charge in [0.15, 0.2) is 13.6 Å². The van der Waals surface area contributed by atoms with Crippen molar-refractivity contribution in [2.75, 3.05) is 0 Å². The highest BCUT2D eigenvalue weighted by molar-refractivity contribution is 6.04. The lowest BCUT2D eigenvalue weighted by molar-refractivity contribution is 0.414. The second-order valence-corrected chi connectivity index (χ2v) is 10.3. The molecule has 7 nitrogen and oxygen atoms in total. The number of fused-ring (bicyclic) bond motifs is 1. The molecule has 0 atom stereocenters. The third-order valence-corrected chi connectivity index (χ3v) is 7.41. The van der Waals surface area contributed by atoms with Crippen molar-refractivity contribution < 1.29 is 0 Å². The zero-order chi connectivity index (χ0) is 25.2. The molecule has 4 aromatic heterocycles. The van der Waals surface area contributed by atoms with E-state index in [-0.39, 0.29) is 0 Å². The smallest absolute Gasteiger partial charge is 0.186 e. The number of nitrogens with one attached hydrogen (secondary N) is 1. The second kappa shape index (κ2) is 10.3. The Bertz CT molecular complexity index is 1520. The number of imidazole rings is 1. The molecule has 1 saturated carbocycles. The molecular weight excluding hydrogens is 457 g/mol. The minimum Gasteiger partial charge on any atom is -0.340 e. The summed E-state index contributed by atoms with van der Waals surface area (Å²) in [5, 5.41) is 4.32. The van der Waals surface area contributed by atoms with Crippen molar-refractivity contribution in [1.29, 1.82) is 0 Å². The van der Waals surface area contributed by atoms with Crippen LogP contribution < -0.4 is 0 Å². The summed E-state index contributed by atoms with van der Waals surface area (Å²) in [6.45, 7) is 3.62. The minimum absolute atomic E-state index is 0.694. The summed E-state index contributed by atoms with van der Waals surface area (Å²) in [4.78, 5) is 20.1. The van der Waals surface area contributed by atoms with Crippen LogP contribution >= 0.6 is 0 Å². The Morgan fingerprint density at radius 1 is 0.973 bits per heavy atom. The molecule has 1 aliphatic carbocycles. The van der Waals surface area contributed by atoms with E-state index >= 15 is 0 Å². The highest BCUT2D eigenvalue weighted by Gasteiger charge is 2.20.